The minimum absolute atomic E-state index is 0. The van der Waals surface area contributed by atoms with E-state index in [9.17, 15) is 9.90 Å². The maximum absolute atomic E-state index is 10.6. The molecule has 6 heteroatoms. The molecule has 0 atom stereocenters. The zero-order chi connectivity index (χ0) is 10.1. The molecule has 2 aromatic rings. The van der Waals surface area contributed by atoms with Crippen LogP contribution in [0.1, 0.15) is 10.5 Å². The topological polar surface area (TPSA) is 83.3 Å². The fraction of sp³-hybridized carbons (Fsp3) is 0. The molecule has 0 aliphatic heterocycles. The Balaban J connectivity index is 0.00000112. The summed E-state index contributed by atoms with van der Waals surface area (Å²) in [6, 6.07) is 3.38. The van der Waals surface area contributed by atoms with Crippen molar-refractivity contribution in [3.8, 4) is 5.75 Å². The second-order valence-corrected chi connectivity index (χ2v) is 2.70. The van der Waals surface area contributed by atoms with Crippen molar-refractivity contribution in [2.45, 2.75) is 0 Å². The van der Waals surface area contributed by atoms with Crippen molar-refractivity contribution >= 4 is 16.9 Å². The molecule has 15 heavy (non-hydrogen) atoms. The Morgan fingerprint density at radius 2 is 2.07 bits per heavy atom. The first kappa shape index (κ1) is 11.5. The van der Waals surface area contributed by atoms with Crippen LogP contribution >= 0.6 is 0 Å². The molecule has 2 heterocycles. The molecule has 0 unspecified atom stereocenters. The van der Waals surface area contributed by atoms with Gasteiger partial charge in [0.1, 0.15) is 5.52 Å². The van der Waals surface area contributed by atoms with Gasteiger partial charge in [-0.1, -0.05) is 0 Å². The van der Waals surface area contributed by atoms with Gasteiger partial charge in [0.15, 0.2) is 11.4 Å². The van der Waals surface area contributed by atoms with E-state index in [1.807, 2.05) is 0 Å². The van der Waals surface area contributed by atoms with Gasteiger partial charge < -0.3 is 10.2 Å². The number of pyridine rings is 2. The molecule has 0 aliphatic carbocycles. The molecule has 2 rings (SSSR count). The summed E-state index contributed by atoms with van der Waals surface area (Å²) in [6.45, 7) is 0. The number of carboxylic acid groups (broad SMARTS) is 1. The number of hydrogen-bond donors (Lipinski definition) is 2. The van der Waals surface area contributed by atoms with E-state index in [1.54, 1.807) is 12.1 Å². The summed E-state index contributed by atoms with van der Waals surface area (Å²) >= 11 is 0. The second kappa shape index (κ2) is 4.32. The third-order valence-electron chi connectivity index (χ3n) is 1.82. The van der Waals surface area contributed by atoms with E-state index in [2.05, 4.69) is 9.97 Å². The van der Waals surface area contributed by atoms with Crippen LogP contribution < -0.4 is 0 Å². The molecule has 0 radical (unpaired) electrons. The van der Waals surface area contributed by atoms with Gasteiger partial charge in [0, 0.05) is 37.3 Å². The first-order valence-corrected chi connectivity index (χ1v) is 3.86. The maximum atomic E-state index is 10.6. The fourth-order valence-electron chi connectivity index (χ4n) is 1.18. The third kappa shape index (κ3) is 1.94. The Morgan fingerprint density at radius 3 is 2.73 bits per heavy atom. The average molecular weight is 291 g/mol. The van der Waals surface area contributed by atoms with Crippen molar-refractivity contribution in [2.75, 3.05) is 0 Å². The van der Waals surface area contributed by atoms with Crippen LogP contribution in [0, 0.1) is 0 Å². The Bertz CT molecular complexity index is 516. The minimum Gasteiger partial charge on any atom is -0.504 e. The van der Waals surface area contributed by atoms with Crippen LogP contribution in [-0.4, -0.2) is 26.2 Å². The number of nitrogens with zero attached hydrogens (tertiary/aromatic N) is 2. The molecule has 0 saturated carbocycles. The smallest absolute Gasteiger partial charge is 0.358 e. The van der Waals surface area contributed by atoms with E-state index >= 15 is 0 Å². The van der Waals surface area contributed by atoms with Crippen molar-refractivity contribution in [1.29, 1.82) is 0 Å². The summed E-state index contributed by atoms with van der Waals surface area (Å²) in [5, 5.41) is 18.8. The first-order chi connectivity index (χ1) is 6.70. The van der Waals surface area contributed by atoms with Gasteiger partial charge in [0.05, 0.1) is 0 Å². The Kier molecular flexibility index (Phi) is 3.32. The van der Waals surface area contributed by atoms with Crippen LogP contribution in [0.3, 0.4) is 0 Å². The summed E-state index contributed by atoms with van der Waals surface area (Å²) < 4.78 is 0. The van der Waals surface area contributed by atoms with E-state index in [0.717, 1.165) is 0 Å². The Hall–Kier alpha value is -1.55. The molecule has 2 N–H and O–H groups in total. The second-order valence-electron chi connectivity index (χ2n) is 2.70. The van der Waals surface area contributed by atoms with Gasteiger partial charge in [-0.05, 0) is 12.1 Å². The monoisotopic (exact) mass is 292 g/mol. The number of carbonyl (C=O) groups is 1. The molecule has 0 aromatic carbocycles. The largest absolute Gasteiger partial charge is 0.504 e. The van der Waals surface area contributed by atoms with Gasteiger partial charge in [-0.3, -0.25) is 4.98 Å². The Labute approximate surface area is 97.6 Å². The molecular weight excluding hydrogens is 285 g/mol. The standard InChI is InChI=1S/C9H6N2O3.Ru/c12-8-6-5(2-1-3-10-6)4-11-7(8)9(13)14;/h1-4,12H,(H,13,14);. The van der Waals surface area contributed by atoms with Crippen molar-refractivity contribution in [2.24, 2.45) is 0 Å². The van der Waals surface area contributed by atoms with E-state index in [4.69, 9.17) is 5.11 Å². The summed E-state index contributed by atoms with van der Waals surface area (Å²) in [5.74, 6) is -1.66. The first-order valence-electron chi connectivity index (χ1n) is 3.86. The molecule has 0 aliphatic rings. The summed E-state index contributed by atoms with van der Waals surface area (Å²) in [6.07, 6.45) is 2.85. The van der Waals surface area contributed by atoms with Gasteiger partial charge >= 0.3 is 5.97 Å². The van der Waals surface area contributed by atoms with E-state index in [1.165, 1.54) is 12.4 Å². The molecule has 0 spiro atoms. The predicted octanol–water partition coefficient (Wildman–Crippen LogP) is 1.03. The molecule has 0 amide bonds. The van der Waals surface area contributed by atoms with Crippen LogP contribution in [0.5, 0.6) is 5.75 Å². The SMILES string of the molecule is O=C(O)c1ncc2cccnc2c1O.[Ru]. The number of aromatic hydroxyl groups is 1. The molecule has 78 valence electrons. The number of hydrogen-bond acceptors (Lipinski definition) is 4. The van der Waals surface area contributed by atoms with Crippen LogP contribution in [0.15, 0.2) is 24.5 Å². The van der Waals surface area contributed by atoms with Crippen LogP contribution in [-0.2, 0) is 19.5 Å². The molecule has 5 nitrogen and oxygen atoms in total. The van der Waals surface area contributed by atoms with Crippen molar-refractivity contribution in [1.82, 2.24) is 9.97 Å². The summed E-state index contributed by atoms with van der Waals surface area (Å²) in [7, 11) is 0. The summed E-state index contributed by atoms with van der Waals surface area (Å²) in [5.41, 5.74) is -0.129. The quantitative estimate of drug-likeness (QED) is 0.767. The number of aromatic nitrogens is 2. The van der Waals surface area contributed by atoms with Gasteiger partial charge in [-0.2, -0.15) is 0 Å². The molecule has 0 fully saturated rings. The predicted molar refractivity (Wildman–Crippen MR) is 48.2 cm³/mol. The van der Waals surface area contributed by atoms with E-state index in [-0.39, 0.29) is 30.7 Å². The van der Waals surface area contributed by atoms with Gasteiger partial charge in [0.25, 0.3) is 0 Å². The van der Waals surface area contributed by atoms with Gasteiger partial charge in [-0.15, -0.1) is 0 Å². The third-order valence-corrected chi connectivity index (χ3v) is 1.82. The summed E-state index contributed by atoms with van der Waals surface area (Å²) in [4.78, 5) is 18.1. The average Bonchev–Trinajstić information content (AvgIpc) is 2.18. The van der Waals surface area contributed by atoms with Crippen molar-refractivity contribution < 1.29 is 34.5 Å². The zero-order valence-corrected chi connectivity index (χ0v) is 9.10. The van der Waals surface area contributed by atoms with Crippen molar-refractivity contribution in [3.05, 3.63) is 30.2 Å². The number of aromatic carboxylic acids is 1. The van der Waals surface area contributed by atoms with Crippen LogP contribution in [0.2, 0.25) is 0 Å². The zero-order valence-electron chi connectivity index (χ0n) is 7.36. The maximum Gasteiger partial charge on any atom is 0.358 e. The number of fused-ring (bicyclic) bond motifs is 1. The number of rotatable bonds is 1. The van der Waals surface area contributed by atoms with Crippen molar-refractivity contribution in [3.63, 3.8) is 0 Å². The van der Waals surface area contributed by atoms with Crippen LogP contribution in [0.25, 0.3) is 10.9 Å². The minimum atomic E-state index is -1.27. The fourth-order valence-corrected chi connectivity index (χ4v) is 1.18. The number of carboxylic acids is 1. The van der Waals surface area contributed by atoms with Gasteiger partial charge in [-0.25, -0.2) is 9.78 Å². The van der Waals surface area contributed by atoms with Crippen LogP contribution in [0.4, 0.5) is 0 Å². The van der Waals surface area contributed by atoms with E-state index < -0.39 is 11.7 Å². The van der Waals surface area contributed by atoms with E-state index in [0.29, 0.717) is 5.39 Å². The molecule has 0 saturated heterocycles. The molecular formula is C9H6N2O3Ru. The normalized spacial score (nSPS) is 9.60. The molecule has 0 bridgehead atoms. The Morgan fingerprint density at radius 1 is 1.33 bits per heavy atom. The van der Waals surface area contributed by atoms with Gasteiger partial charge in [0.2, 0.25) is 0 Å². The molecule has 2 aromatic heterocycles.